The van der Waals surface area contributed by atoms with Crippen molar-refractivity contribution in [2.45, 2.75) is 58.5 Å². The lowest BCUT2D eigenvalue weighted by Gasteiger charge is -2.52. The first-order valence-electron chi connectivity index (χ1n) is 7.12. The van der Waals surface area contributed by atoms with Crippen LogP contribution in [0.15, 0.2) is 0 Å². The summed E-state index contributed by atoms with van der Waals surface area (Å²) in [5.74, 6) is 0. The highest BCUT2D eigenvalue weighted by atomic mass is 16.5. The van der Waals surface area contributed by atoms with Gasteiger partial charge in [0, 0.05) is 6.61 Å². The van der Waals surface area contributed by atoms with Crippen LogP contribution in [0.25, 0.3) is 0 Å². The SMILES string of the molecule is CCCOC1CC2(CCN(CCC)CC2)C1. The summed E-state index contributed by atoms with van der Waals surface area (Å²) in [4.78, 5) is 2.63. The van der Waals surface area contributed by atoms with Gasteiger partial charge in [-0.25, -0.2) is 0 Å². The summed E-state index contributed by atoms with van der Waals surface area (Å²) < 4.78 is 5.82. The van der Waals surface area contributed by atoms with Crippen molar-refractivity contribution in [2.24, 2.45) is 5.41 Å². The van der Waals surface area contributed by atoms with Crippen LogP contribution in [0.3, 0.4) is 0 Å². The predicted octanol–water partition coefficient (Wildman–Crippen LogP) is 3.07. The fourth-order valence-electron chi connectivity index (χ4n) is 3.28. The number of rotatable bonds is 5. The molecule has 0 amide bonds. The third kappa shape index (κ3) is 2.78. The second-order valence-corrected chi connectivity index (χ2v) is 5.74. The predicted molar refractivity (Wildman–Crippen MR) is 67.7 cm³/mol. The number of piperidine rings is 1. The van der Waals surface area contributed by atoms with Gasteiger partial charge in [-0.15, -0.1) is 0 Å². The molecule has 16 heavy (non-hydrogen) atoms. The molecular weight excluding hydrogens is 198 g/mol. The molecule has 0 unspecified atom stereocenters. The second-order valence-electron chi connectivity index (χ2n) is 5.74. The van der Waals surface area contributed by atoms with Crippen molar-refractivity contribution in [1.29, 1.82) is 0 Å². The van der Waals surface area contributed by atoms with Crippen molar-refractivity contribution in [3.63, 3.8) is 0 Å². The number of ether oxygens (including phenoxy) is 1. The Balaban J connectivity index is 1.66. The first-order chi connectivity index (χ1) is 7.78. The third-order valence-electron chi connectivity index (χ3n) is 4.34. The zero-order valence-electron chi connectivity index (χ0n) is 11.0. The van der Waals surface area contributed by atoms with Gasteiger partial charge in [0.25, 0.3) is 0 Å². The van der Waals surface area contributed by atoms with Gasteiger partial charge in [-0.1, -0.05) is 13.8 Å². The van der Waals surface area contributed by atoms with Gasteiger partial charge >= 0.3 is 0 Å². The molecule has 0 N–H and O–H groups in total. The van der Waals surface area contributed by atoms with E-state index in [4.69, 9.17) is 4.74 Å². The quantitative estimate of drug-likeness (QED) is 0.713. The minimum atomic E-state index is 0.595. The molecule has 1 aliphatic carbocycles. The van der Waals surface area contributed by atoms with Crippen molar-refractivity contribution in [3.05, 3.63) is 0 Å². The van der Waals surface area contributed by atoms with E-state index in [0.717, 1.165) is 13.0 Å². The van der Waals surface area contributed by atoms with Crippen molar-refractivity contribution in [1.82, 2.24) is 4.90 Å². The first kappa shape index (κ1) is 12.4. The van der Waals surface area contributed by atoms with Crippen LogP contribution in [-0.4, -0.2) is 37.2 Å². The molecule has 94 valence electrons. The Hall–Kier alpha value is -0.0800. The van der Waals surface area contributed by atoms with Crippen molar-refractivity contribution >= 4 is 0 Å². The van der Waals surface area contributed by atoms with Crippen LogP contribution in [0.2, 0.25) is 0 Å². The van der Waals surface area contributed by atoms with E-state index in [0.29, 0.717) is 11.5 Å². The monoisotopic (exact) mass is 225 g/mol. The molecule has 0 aromatic rings. The van der Waals surface area contributed by atoms with Crippen LogP contribution in [0.1, 0.15) is 52.4 Å². The molecule has 0 bridgehead atoms. The number of nitrogens with zero attached hydrogens (tertiary/aromatic N) is 1. The summed E-state index contributed by atoms with van der Waals surface area (Å²) in [7, 11) is 0. The summed E-state index contributed by atoms with van der Waals surface area (Å²) in [6.07, 6.45) is 8.57. The summed E-state index contributed by atoms with van der Waals surface area (Å²) >= 11 is 0. The Morgan fingerprint density at radius 2 is 1.81 bits per heavy atom. The smallest absolute Gasteiger partial charge is 0.0585 e. The fraction of sp³-hybridized carbons (Fsp3) is 1.00. The topological polar surface area (TPSA) is 12.5 Å². The lowest BCUT2D eigenvalue weighted by molar-refractivity contribution is -0.104. The molecule has 0 aromatic heterocycles. The maximum absolute atomic E-state index is 5.82. The average Bonchev–Trinajstić information content (AvgIpc) is 2.26. The van der Waals surface area contributed by atoms with Crippen LogP contribution < -0.4 is 0 Å². The minimum Gasteiger partial charge on any atom is -0.378 e. The number of likely N-dealkylation sites (tertiary alicyclic amines) is 1. The minimum absolute atomic E-state index is 0.595. The van der Waals surface area contributed by atoms with Gasteiger partial charge in [-0.3, -0.25) is 0 Å². The number of hydrogen-bond acceptors (Lipinski definition) is 2. The lowest BCUT2D eigenvalue weighted by Crippen LogP contribution is -2.50. The summed E-state index contributed by atoms with van der Waals surface area (Å²) in [5.41, 5.74) is 0.683. The van der Waals surface area contributed by atoms with Gasteiger partial charge in [-0.2, -0.15) is 0 Å². The zero-order valence-corrected chi connectivity index (χ0v) is 11.0. The highest BCUT2D eigenvalue weighted by Gasteiger charge is 2.45. The van der Waals surface area contributed by atoms with Crippen LogP contribution in [-0.2, 0) is 4.74 Å². The Morgan fingerprint density at radius 3 is 2.38 bits per heavy atom. The normalized spacial score (nSPS) is 25.9. The summed E-state index contributed by atoms with van der Waals surface area (Å²) in [6.45, 7) is 9.39. The molecule has 0 radical (unpaired) electrons. The molecule has 0 atom stereocenters. The summed E-state index contributed by atoms with van der Waals surface area (Å²) in [5, 5.41) is 0. The van der Waals surface area contributed by atoms with Crippen molar-refractivity contribution in [3.8, 4) is 0 Å². The van der Waals surface area contributed by atoms with Crippen LogP contribution in [0.5, 0.6) is 0 Å². The molecule has 1 saturated carbocycles. The number of hydrogen-bond donors (Lipinski definition) is 0. The third-order valence-corrected chi connectivity index (χ3v) is 4.34. The van der Waals surface area contributed by atoms with Gasteiger partial charge < -0.3 is 9.64 Å². The molecule has 2 heteroatoms. The lowest BCUT2D eigenvalue weighted by atomic mass is 9.61. The second kappa shape index (κ2) is 5.50. The van der Waals surface area contributed by atoms with Crippen LogP contribution >= 0.6 is 0 Å². The molecule has 2 fully saturated rings. The standard InChI is InChI=1S/C14H27NO/c1-3-7-15-8-5-14(6-9-15)11-13(12-14)16-10-4-2/h13H,3-12H2,1-2H3. The van der Waals surface area contributed by atoms with Gasteiger partial charge in [-0.05, 0) is 63.6 Å². The van der Waals surface area contributed by atoms with E-state index in [-0.39, 0.29) is 0 Å². The first-order valence-corrected chi connectivity index (χ1v) is 7.12. The Labute approximate surface area is 100 Å². The Bertz CT molecular complexity index is 193. The maximum Gasteiger partial charge on any atom is 0.0585 e. The van der Waals surface area contributed by atoms with Crippen molar-refractivity contribution in [2.75, 3.05) is 26.2 Å². The van der Waals surface area contributed by atoms with Crippen LogP contribution in [0, 0.1) is 5.41 Å². The largest absolute Gasteiger partial charge is 0.378 e. The van der Waals surface area contributed by atoms with E-state index in [1.54, 1.807) is 0 Å². The summed E-state index contributed by atoms with van der Waals surface area (Å²) in [6, 6.07) is 0. The van der Waals surface area contributed by atoms with E-state index in [9.17, 15) is 0 Å². The van der Waals surface area contributed by atoms with Crippen molar-refractivity contribution < 1.29 is 4.74 Å². The Morgan fingerprint density at radius 1 is 1.12 bits per heavy atom. The van der Waals surface area contributed by atoms with Crippen LogP contribution in [0.4, 0.5) is 0 Å². The molecule has 1 aliphatic heterocycles. The molecule has 1 saturated heterocycles. The maximum atomic E-state index is 5.82. The van der Waals surface area contributed by atoms with Gasteiger partial charge in [0.15, 0.2) is 0 Å². The van der Waals surface area contributed by atoms with E-state index < -0.39 is 0 Å². The van der Waals surface area contributed by atoms with Gasteiger partial charge in [0.2, 0.25) is 0 Å². The zero-order chi connectivity index (χ0) is 11.4. The molecule has 1 spiro atoms. The van der Waals surface area contributed by atoms with E-state index in [2.05, 4.69) is 18.7 Å². The van der Waals surface area contributed by atoms with E-state index >= 15 is 0 Å². The highest BCUT2D eigenvalue weighted by molar-refractivity contribution is 4.97. The molecule has 2 rings (SSSR count). The molecule has 1 heterocycles. The fourth-order valence-corrected chi connectivity index (χ4v) is 3.28. The van der Waals surface area contributed by atoms with Gasteiger partial charge in [0.05, 0.1) is 6.10 Å². The Kier molecular flexibility index (Phi) is 4.26. The molecule has 2 nitrogen and oxygen atoms in total. The van der Waals surface area contributed by atoms with Gasteiger partial charge in [0.1, 0.15) is 0 Å². The average molecular weight is 225 g/mol. The molecule has 0 aromatic carbocycles. The molecule has 2 aliphatic rings. The van der Waals surface area contributed by atoms with E-state index in [1.807, 2.05) is 0 Å². The molecular formula is C14H27NO. The van der Waals surface area contributed by atoms with E-state index in [1.165, 1.54) is 51.7 Å². The highest BCUT2D eigenvalue weighted by Crippen LogP contribution is 2.50.